The minimum Gasteiger partial charge on any atom is -0.494 e. The average molecular weight is 384 g/mol. The molecule has 1 aliphatic heterocycles. The van der Waals surface area contributed by atoms with E-state index < -0.39 is 5.82 Å². The normalized spacial score (nSPS) is 14.5. The van der Waals surface area contributed by atoms with Crippen LogP contribution in [0.15, 0.2) is 48.5 Å². The first kappa shape index (κ1) is 19.9. The lowest BCUT2D eigenvalue weighted by Gasteiger charge is -2.22. The van der Waals surface area contributed by atoms with Crippen molar-refractivity contribution in [2.24, 2.45) is 0 Å². The second-order valence-corrected chi connectivity index (χ2v) is 6.76. The molecule has 0 bridgehead atoms. The van der Waals surface area contributed by atoms with Crippen LogP contribution in [0.2, 0.25) is 0 Å². The Bertz CT molecular complexity index is 823. The molecule has 28 heavy (non-hydrogen) atoms. The summed E-state index contributed by atoms with van der Waals surface area (Å²) in [4.78, 5) is 28.7. The van der Waals surface area contributed by atoms with Crippen LogP contribution in [0.3, 0.4) is 0 Å². The minimum absolute atomic E-state index is 0.0318. The van der Waals surface area contributed by atoms with Crippen molar-refractivity contribution < 1.29 is 18.7 Å². The average Bonchev–Trinajstić information content (AvgIpc) is 2.96. The first-order chi connectivity index (χ1) is 13.6. The molecule has 0 N–H and O–H groups in total. The number of benzene rings is 2. The fourth-order valence-corrected chi connectivity index (χ4v) is 3.33. The molecule has 0 radical (unpaired) electrons. The highest BCUT2D eigenvalue weighted by Gasteiger charge is 2.24. The van der Waals surface area contributed by atoms with E-state index in [1.807, 2.05) is 31.2 Å². The summed E-state index contributed by atoms with van der Waals surface area (Å²) in [5.74, 6) is -0.0146. The Morgan fingerprint density at radius 2 is 1.64 bits per heavy atom. The standard InChI is InChI=1S/C22H25FN2O3/c1-2-28-18-10-8-17(9-11-18)16-21(26)24-12-5-13-25(15-14-24)22(27)19-6-3-4-7-20(19)23/h3-4,6-11H,2,5,12-16H2,1H3. The van der Waals surface area contributed by atoms with Crippen molar-refractivity contribution in [1.82, 2.24) is 9.80 Å². The molecule has 1 saturated heterocycles. The quantitative estimate of drug-likeness (QED) is 0.796. The van der Waals surface area contributed by atoms with Crippen molar-refractivity contribution in [1.29, 1.82) is 0 Å². The molecule has 3 rings (SSSR count). The topological polar surface area (TPSA) is 49.9 Å². The smallest absolute Gasteiger partial charge is 0.256 e. The Morgan fingerprint density at radius 3 is 2.36 bits per heavy atom. The van der Waals surface area contributed by atoms with E-state index in [1.165, 1.54) is 12.1 Å². The highest BCUT2D eigenvalue weighted by molar-refractivity contribution is 5.94. The van der Waals surface area contributed by atoms with E-state index in [4.69, 9.17) is 4.74 Å². The van der Waals surface area contributed by atoms with Gasteiger partial charge in [0.25, 0.3) is 5.91 Å². The number of nitrogens with zero attached hydrogens (tertiary/aromatic N) is 2. The summed E-state index contributed by atoms with van der Waals surface area (Å²) in [5.41, 5.74) is 1.01. The second kappa shape index (κ2) is 9.35. The van der Waals surface area contributed by atoms with Gasteiger partial charge in [0.2, 0.25) is 5.91 Å². The SMILES string of the molecule is CCOc1ccc(CC(=O)N2CCCN(C(=O)c3ccccc3F)CC2)cc1. The number of rotatable bonds is 5. The van der Waals surface area contributed by atoms with Crippen molar-refractivity contribution in [2.75, 3.05) is 32.8 Å². The Hall–Kier alpha value is -2.89. The maximum atomic E-state index is 13.9. The number of halogens is 1. The van der Waals surface area contributed by atoms with Gasteiger partial charge in [-0.3, -0.25) is 9.59 Å². The lowest BCUT2D eigenvalue weighted by Crippen LogP contribution is -2.38. The Morgan fingerprint density at radius 1 is 0.964 bits per heavy atom. The summed E-state index contributed by atoms with van der Waals surface area (Å²) in [7, 11) is 0. The fourth-order valence-electron chi connectivity index (χ4n) is 3.33. The number of carbonyl (C=O) groups excluding carboxylic acids is 2. The van der Waals surface area contributed by atoms with Gasteiger partial charge in [-0.05, 0) is 43.2 Å². The van der Waals surface area contributed by atoms with Crippen LogP contribution < -0.4 is 4.74 Å². The van der Waals surface area contributed by atoms with Crippen molar-refractivity contribution in [3.8, 4) is 5.75 Å². The molecule has 0 aromatic heterocycles. The van der Waals surface area contributed by atoms with Gasteiger partial charge in [0.15, 0.2) is 0 Å². The zero-order valence-electron chi connectivity index (χ0n) is 16.1. The Kier molecular flexibility index (Phi) is 6.63. The van der Waals surface area contributed by atoms with Crippen LogP contribution in [0.5, 0.6) is 5.75 Å². The monoisotopic (exact) mass is 384 g/mol. The zero-order chi connectivity index (χ0) is 19.9. The van der Waals surface area contributed by atoms with Crippen molar-refractivity contribution >= 4 is 11.8 Å². The largest absolute Gasteiger partial charge is 0.494 e. The summed E-state index contributed by atoms with van der Waals surface area (Å²) >= 11 is 0. The molecule has 0 unspecified atom stereocenters. The van der Waals surface area contributed by atoms with Gasteiger partial charge in [-0.25, -0.2) is 4.39 Å². The molecule has 1 fully saturated rings. The first-order valence-corrected chi connectivity index (χ1v) is 9.62. The van der Waals surface area contributed by atoms with Crippen LogP contribution in [0, 0.1) is 5.82 Å². The molecule has 0 aliphatic carbocycles. The summed E-state index contributed by atoms with van der Waals surface area (Å²) in [6.07, 6.45) is 0.989. The summed E-state index contributed by atoms with van der Waals surface area (Å²) in [5, 5.41) is 0. The van der Waals surface area contributed by atoms with Crippen LogP contribution in [0.25, 0.3) is 0 Å². The maximum absolute atomic E-state index is 13.9. The van der Waals surface area contributed by atoms with Crippen LogP contribution in [0.1, 0.15) is 29.3 Å². The lowest BCUT2D eigenvalue weighted by molar-refractivity contribution is -0.130. The number of carbonyl (C=O) groups is 2. The van der Waals surface area contributed by atoms with Gasteiger partial charge < -0.3 is 14.5 Å². The van der Waals surface area contributed by atoms with E-state index >= 15 is 0 Å². The third kappa shape index (κ3) is 4.88. The number of hydrogen-bond donors (Lipinski definition) is 0. The molecule has 5 nitrogen and oxygen atoms in total. The Balaban J connectivity index is 1.57. The van der Waals surface area contributed by atoms with Gasteiger partial charge in [0, 0.05) is 26.2 Å². The van der Waals surface area contributed by atoms with Gasteiger partial charge in [-0.2, -0.15) is 0 Å². The van der Waals surface area contributed by atoms with E-state index in [9.17, 15) is 14.0 Å². The highest BCUT2D eigenvalue weighted by atomic mass is 19.1. The van der Waals surface area contributed by atoms with Crippen molar-refractivity contribution in [3.05, 3.63) is 65.5 Å². The van der Waals surface area contributed by atoms with Crippen molar-refractivity contribution in [2.45, 2.75) is 19.8 Å². The van der Waals surface area contributed by atoms with E-state index in [2.05, 4.69) is 0 Å². The van der Waals surface area contributed by atoms with Gasteiger partial charge in [0.05, 0.1) is 18.6 Å². The minimum atomic E-state index is -0.514. The van der Waals surface area contributed by atoms with Gasteiger partial charge >= 0.3 is 0 Å². The van der Waals surface area contributed by atoms with E-state index in [-0.39, 0.29) is 17.4 Å². The molecule has 2 amide bonds. The molecule has 0 spiro atoms. The van der Waals surface area contributed by atoms with Crippen LogP contribution >= 0.6 is 0 Å². The van der Waals surface area contributed by atoms with Crippen LogP contribution in [-0.4, -0.2) is 54.4 Å². The van der Waals surface area contributed by atoms with Gasteiger partial charge in [-0.1, -0.05) is 24.3 Å². The molecule has 6 heteroatoms. The fraction of sp³-hybridized carbons (Fsp3) is 0.364. The van der Waals surface area contributed by atoms with Crippen molar-refractivity contribution in [3.63, 3.8) is 0 Å². The number of ether oxygens (including phenoxy) is 1. The lowest BCUT2D eigenvalue weighted by atomic mass is 10.1. The number of hydrogen-bond acceptors (Lipinski definition) is 3. The first-order valence-electron chi connectivity index (χ1n) is 9.62. The highest BCUT2D eigenvalue weighted by Crippen LogP contribution is 2.15. The molecule has 1 aliphatic rings. The molecule has 148 valence electrons. The predicted molar refractivity (Wildman–Crippen MR) is 105 cm³/mol. The third-order valence-electron chi connectivity index (χ3n) is 4.83. The molecule has 0 saturated carbocycles. The molecule has 0 atom stereocenters. The summed E-state index contributed by atoms with van der Waals surface area (Å²) < 4.78 is 19.3. The Labute approximate surface area is 164 Å². The zero-order valence-corrected chi connectivity index (χ0v) is 16.1. The molecular weight excluding hydrogens is 359 g/mol. The predicted octanol–water partition coefficient (Wildman–Crippen LogP) is 3.14. The second-order valence-electron chi connectivity index (χ2n) is 6.76. The third-order valence-corrected chi connectivity index (χ3v) is 4.83. The van der Waals surface area contributed by atoms with Gasteiger partial charge in [-0.15, -0.1) is 0 Å². The number of amides is 2. The summed E-state index contributed by atoms with van der Waals surface area (Å²) in [6.45, 7) is 4.50. The van der Waals surface area contributed by atoms with E-state index in [0.29, 0.717) is 45.6 Å². The van der Waals surface area contributed by atoms with Crippen LogP contribution in [-0.2, 0) is 11.2 Å². The summed E-state index contributed by atoms with van der Waals surface area (Å²) in [6, 6.07) is 13.5. The van der Waals surface area contributed by atoms with Gasteiger partial charge in [0.1, 0.15) is 11.6 Å². The maximum Gasteiger partial charge on any atom is 0.256 e. The van der Waals surface area contributed by atoms with E-state index in [1.54, 1.807) is 21.9 Å². The van der Waals surface area contributed by atoms with E-state index in [0.717, 1.165) is 11.3 Å². The molecule has 2 aromatic carbocycles. The van der Waals surface area contributed by atoms with Crippen LogP contribution in [0.4, 0.5) is 4.39 Å². The molecular formula is C22H25FN2O3. The molecule has 2 aromatic rings. The molecule has 1 heterocycles.